The second kappa shape index (κ2) is 6.60. The summed E-state index contributed by atoms with van der Waals surface area (Å²) in [5.41, 5.74) is 7.50. The van der Waals surface area contributed by atoms with E-state index in [9.17, 15) is 4.79 Å². The van der Waals surface area contributed by atoms with Crippen molar-refractivity contribution in [3.8, 4) is 0 Å². The summed E-state index contributed by atoms with van der Waals surface area (Å²) in [6.45, 7) is 2.06. The average Bonchev–Trinajstić information content (AvgIpc) is 2.43. The Bertz CT molecular complexity index is 407. The molecular formula is C16H24N2O. The standard InChI is InChI=1S/C16H24N2O/c1-2-15(12-8-10-13(17)11-9-12)16(19)18-14-6-4-3-5-7-14/h8-11,14-15H,2-7,17H2,1H3,(H,18,19). The van der Waals surface area contributed by atoms with Gasteiger partial charge in [-0.15, -0.1) is 0 Å². The van der Waals surface area contributed by atoms with Crippen LogP contribution in [0.3, 0.4) is 0 Å². The van der Waals surface area contributed by atoms with E-state index in [1.165, 1.54) is 19.3 Å². The minimum Gasteiger partial charge on any atom is -0.399 e. The van der Waals surface area contributed by atoms with Crippen molar-refractivity contribution in [2.24, 2.45) is 0 Å². The minimum atomic E-state index is -0.0532. The molecule has 1 fully saturated rings. The summed E-state index contributed by atoms with van der Waals surface area (Å²) in [6.07, 6.45) is 6.87. The van der Waals surface area contributed by atoms with Crippen LogP contribution in [-0.4, -0.2) is 11.9 Å². The van der Waals surface area contributed by atoms with Crippen molar-refractivity contribution in [2.45, 2.75) is 57.4 Å². The molecule has 1 aromatic rings. The van der Waals surface area contributed by atoms with E-state index in [0.29, 0.717) is 6.04 Å². The second-order valence-electron chi connectivity index (χ2n) is 5.47. The molecule has 19 heavy (non-hydrogen) atoms. The molecule has 0 aromatic heterocycles. The van der Waals surface area contributed by atoms with Gasteiger partial charge in [-0.3, -0.25) is 4.79 Å². The molecule has 0 heterocycles. The Morgan fingerprint density at radius 3 is 2.47 bits per heavy atom. The highest BCUT2D eigenvalue weighted by atomic mass is 16.1. The normalized spacial score (nSPS) is 17.9. The Morgan fingerprint density at radius 1 is 1.26 bits per heavy atom. The van der Waals surface area contributed by atoms with Crippen LogP contribution in [0.2, 0.25) is 0 Å². The highest BCUT2D eigenvalue weighted by Crippen LogP contribution is 2.23. The van der Waals surface area contributed by atoms with Crippen molar-refractivity contribution in [3.05, 3.63) is 29.8 Å². The van der Waals surface area contributed by atoms with Gasteiger partial charge in [-0.25, -0.2) is 0 Å². The van der Waals surface area contributed by atoms with Crippen molar-refractivity contribution < 1.29 is 4.79 Å². The van der Waals surface area contributed by atoms with Gasteiger partial charge in [-0.05, 0) is 37.0 Å². The molecule has 0 bridgehead atoms. The van der Waals surface area contributed by atoms with Crippen molar-refractivity contribution in [3.63, 3.8) is 0 Å². The summed E-state index contributed by atoms with van der Waals surface area (Å²) in [5.74, 6) is 0.113. The van der Waals surface area contributed by atoms with E-state index in [0.717, 1.165) is 30.5 Å². The number of rotatable bonds is 4. The molecule has 1 aromatic carbocycles. The maximum Gasteiger partial charge on any atom is 0.227 e. The molecular weight excluding hydrogens is 236 g/mol. The molecule has 1 unspecified atom stereocenters. The van der Waals surface area contributed by atoms with Gasteiger partial charge < -0.3 is 11.1 Å². The first-order valence-corrected chi connectivity index (χ1v) is 7.36. The third kappa shape index (κ3) is 3.72. The summed E-state index contributed by atoms with van der Waals surface area (Å²) in [4.78, 5) is 12.4. The van der Waals surface area contributed by atoms with Gasteiger partial charge in [0.15, 0.2) is 0 Å². The quantitative estimate of drug-likeness (QED) is 0.817. The van der Waals surface area contributed by atoms with Gasteiger partial charge in [0.1, 0.15) is 0 Å². The fourth-order valence-corrected chi connectivity index (χ4v) is 2.85. The Kier molecular flexibility index (Phi) is 4.83. The van der Waals surface area contributed by atoms with Gasteiger partial charge in [0, 0.05) is 11.7 Å². The van der Waals surface area contributed by atoms with E-state index < -0.39 is 0 Å². The largest absolute Gasteiger partial charge is 0.399 e. The predicted molar refractivity (Wildman–Crippen MR) is 78.9 cm³/mol. The summed E-state index contributed by atoms with van der Waals surface area (Å²) < 4.78 is 0. The molecule has 2 rings (SSSR count). The Morgan fingerprint density at radius 2 is 1.89 bits per heavy atom. The molecule has 1 amide bonds. The SMILES string of the molecule is CCC(C(=O)NC1CCCCC1)c1ccc(N)cc1. The second-order valence-corrected chi connectivity index (χ2v) is 5.47. The van der Waals surface area contributed by atoms with Crippen LogP contribution in [0.4, 0.5) is 5.69 Å². The van der Waals surface area contributed by atoms with Crippen LogP contribution in [0, 0.1) is 0 Å². The lowest BCUT2D eigenvalue weighted by molar-refractivity contribution is -0.123. The van der Waals surface area contributed by atoms with Crippen molar-refractivity contribution in [1.29, 1.82) is 0 Å². The Hall–Kier alpha value is -1.51. The van der Waals surface area contributed by atoms with E-state index in [1.807, 2.05) is 24.3 Å². The van der Waals surface area contributed by atoms with E-state index >= 15 is 0 Å². The number of nitrogens with one attached hydrogen (secondary N) is 1. The molecule has 1 aliphatic carbocycles. The van der Waals surface area contributed by atoms with Crippen LogP contribution >= 0.6 is 0 Å². The first-order valence-electron chi connectivity index (χ1n) is 7.36. The third-order valence-electron chi connectivity index (χ3n) is 4.02. The zero-order valence-electron chi connectivity index (χ0n) is 11.7. The molecule has 0 saturated heterocycles. The minimum absolute atomic E-state index is 0.0532. The lowest BCUT2D eigenvalue weighted by Gasteiger charge is -2.25. The van der Waals surface area contributed by atoms with Crippen LogP contribution < -0.4 is 11.1 Å². The van der Waals surface area contributed by atoms with Crippen LogP contribution in [-0.2, 0) is 4.79 Å². The van der Waals surface area contributed by atoms with E-state index in [1.54, 1.807) is 0 Å². The Labute approximate surface area is 115 Å². The maximum absolute atomic E-state index is 12.4. The number of nitrogens with two attached hydrogens (primary N) is 1. The van der Waals surface area contributed by atoms with Gasteiger partial charge in [0.25, 0.3) is 0 Å². The van der Waals surface area contributed by atoms with Crippen LogP contribution in [0.1, 0.15) is 56.9 Å². The highest BCUT2D eigenvalue weighted by molar-refractivity contribution is 5.84. The maximum atomic E-state index is 12.4. The number of carbonyl (C=O) groups is 1. The van der Waals surface area contributed by atoms with E-state index in [-0.39, 0.29) is 11.8 Å². The molecule has 0 radical (unpaired) electrons. The summed E-state index contributed by atoms with van der Waals surface area (Å²) in [5, 5.41) is 3.21. The van der Waals surface area contributed by atoms with Gasteiger partial charge in [-0.1, -0.05) is 38.3 Å². The van der Waals surface area contributed by atoms with Crippen LogP contribution in [0.25, 0.3) is 0 Å². The topological polar surface area (TPSA) is 55.1 Å². The fourth-order valence-electron chi connectivity index (χ4n) is 2.85. The van der Waals surface area contributed by atoms with Gasteiger partial charge in [0.05, 0.1) is 5.92 Å². The van der Waals surface area contributed by atoms with Crippen LogP contribution in [0.15, 0.2) is 24.3 Å². The number of hydrogen-bond acceptors (Lipinski definition) is 2. The molecule has 3 heteroatoms. The zero-order valence-corrected chi connectivity index (χ0v) is 11.7. The predicted octanol–water partition coefficient (Wildman–Crippen LogP) is 3.21. The van der Waals surface area contributed by atoms with Crippen molar-refractivity contribution >= 4 is 11.6 Å². The molecule has 104 valence electrons. The molecule has 3 nitrogen and oxygen atoms in total. The van der Waals surface area contributed by atoms with Gasteiger partial charge in [-0.2, -0.15) is 0 Å². The number of benzene rings is 1. The number of carbonyl (C=O) groups excluding carboxylic acids is 1. The smallest absolute Gasteiger partial charge is 0.227 e. The van der Waals surface area contributed by atoms with E-state index in [2.05, 4.69) is 12.2 Å². The summed E-state index contributed by atoms with van der Waals surface area (Å²) >= 11 is 0. The number of nitrogen functional groups attached to an aromatic ring is 1. The number of amides is 1. The van der Waals surface area contributed by atoms with E-state index in [4.69, 9.17) is 5.73 Å². The molecule has 0 spiro atoms. The number of anilines is 1. The molecule has 0 aliphatic heterocycles. The molecule has 1 saturated carbocycles. The van der Waals surface area contributed by atoms with Gasteiger partial charge in [0.2, 0.25) is 5.91 Å². The van der Waals surface area contributed by atoms with Crippen LogP contribution in [0.5, 0.6) is 0 Å². The number of hydrogen-bond donors (Lipinski definition) is 2. The highest BCUT2D eigenvalue weighted by Gasteiger charge is 2.22. The molecule has 1 aliphatic rings. The first kappa shape index (κ1) is 13.9. The average molecular weight is 260 g/mol. The third-order valence-corrected chi connectivity index (χ3v) is 4.02. The summed E-state index contributed by atoms with van der Waals surface area (Å²) in [7, 11) is 0. The summed E-state index contributed by atoms with van der Waals surface area (Å²) in [6, 6.07) is 8.04. The Balaban J connectivity index is 2.00. The van der Waals surface area contributed by atoms with Gasteiger partial charge >= 0.3 is 0 Å². The fraction of sp³-hybridized carbons (Fsp3) is 0.562. The lowest BCUT2D eigenvalue weighted by Crippen LogP contribution is -2.39. The first-order chi connectivity index (χ1) is 9.20. The van der Waals surface area contributed by atoms with Crippen molar-refractivity contribution in [1.82, 2.24) is 5.32 Å². The monoisotopic (exact) mass is 260 g/mol. The molecule has 1 atom stereocenters. The zero-order chi connectivity index (χ0) is 13.7. The molecule has 3 N–H and O–H groups in total. The van der Waals surface area contributed by atoms with Crippen molar-refractivity contribution in [2.75, 3.05) is 5.73 Å². The lowest BCUT2D eigenvalue weighted by atomic mass is 9.92.